The van der Waals surface area contributed by atoms with Crippen molar-refractivity contribution in [2.45, 2.75) is 104 Å². The van der Waals surface area contributed by atoms with Crippen LogP contribution in [-0.4, -0.2) is 131 Å². The third-order valence-corrected chi connectivity index (χ3v) is 17.8. The number of ether oxygens (including phenoxy) is 8. The summed E-state index contributed by atoms with van der Waals surface area (Å²) in [6.07, 6.45) is -2.86. The van der Waals surface area contributed by atoms with Crippen LogP contribution < -0.4 is 20.1 Å². The van der Waals surface area contributed by atoms with Crippen molar-refractivity contribution in [3.63, 3.8) is 0 Å². The number of esters is 6. The quantitative estimate of drug-likeness (QED) is 0.0258. The van der Waals surface area contributed by atoms with Gasteiger partial charge in [0.25, 0.3) is 15.8 Å². The average Bonchev–Trinajstić information content (AvgIpc) is 1.55. The van der Waals surface area contributed by atoms with Crippen molar-refractivity contribution < 1.29 is 121 Å². The molecule has 2 aliphatic rings. The predicted octanol–water partition coefficient (Wildman–Crippen LogP) is 11.1. The molecule has 106 heavy (non-hydrogen) atoms. The third-order valence-electron chi connectivity index (χ3n) is 14.7. The molecule has 2 aromatic heterocycles. The fraction of sp³-hybridized carbons (Fsp3) is 0.268. The molecular weight excluding hydrogens is 1610 g/mol. The Hall–Kier alpha value is -10.4. The first-order valence-corrected chi connectivity index (χ1v) is 40.6. The number of benzene rings is 6. The zero-order valence-corrected chi connectivity index (χ0v) is 63.3. The second-order valence-corrected chi connectivity index (χ2v) is 35.5. The Morgan fingerprint density at radius 2 is 0.906 bits per heavy atom. The minimum atomic E-state index is -5.08. The summed E-state index contributed by atoms with van der Waals surface area (Å²) in [6, 6.07) is 55.4. The number of alkyl halides is 4. The van der Waals surface area contributed by atoms with Gasteiger partial charge in [-0.1, -0.05) is 109 Å². The molecule has 2 aliphatic heterocycles. The van der Waals surface area contributed by atoms with Crippen LogP contribution in [0.2, 0.25) is 39.3 Å². The van der Waals surface area contributed by atoms with Gasteiger partial charge in [-0.25, -0.2) is 38.5 Å². The van der Waals surface area contributed by atoms with Gasteiger partial charge in [-0.3, -0.25) is 14.3 Å². The monoisotopic (exact) mass is 1670 g/mol. The van der Waals surface area contributed by atoms with Crippen molar-refractivity contribution in [2.24, 2.45) is 0 Å². The van der Waals surface area contributed by atoms with E-state index in [0.29, 0.717) is 17.5 Å². The molecule has 2 fully saturated rings. The Balaban J connectivity index is 0.000000254. The Labute approximate surface area is 629 Å². The number of aromatic nitrogens is 4. The molecule has 0 spiro atoms. The van der Waals surface area contributed by atoms with Crippen LogP contribution in [-0.2, 0) is 87.0 Å². The minimum absolute atomic E-state index is 0.0847. The van der Waals surface area contributed by atoms with Crippen LogP contribution in [0.4, 0.5) is 13.2 Å². The number of aromatic amines is 1. The summed E-state index contributed by atoms with van der Waals surface area (Å²) in [5.74, 6) is -4.06. The van der Waals surface area contributed by atoms with Crippen LogP contribution in [0.1, 0.15) is 76.0 Å². The maximum absolute atomic E-state index is 13.5. The standard InChI is InChI=1S/C32H25N3O9.C28H22BrNO7.C10H20N2O2Si2.CF3O2S.Ag.O/c1-31(44-29(39)23-15-9-4-10-16-23)26(42-28(38)22-13-7-3-8-14-22)24(19-41-27(37)21-11-5-2-6-12-21)43-32(31,20-33)35-18-17-25(36)34-30(35)40;1-27(37-26(33)21-15-9-4-10-16-21)23(35-25(32)20-13-7-3-8-14-20)22(36-28(27,29)18-30)17-34-24(31)19-11-5-2-6-12-19;1-15(2,3)13-9-7-8-11-10(12-9)14-16(4,5)6;2-1(3,4)7(5)6;;/h2-18,24,26H,19H2,1H3,(H,34,36,40);2-16,22-23H,17H2,1H3;7-8H,1-6H3;;;/q;;;-1;;/t24-,26-,31-,32-;22-,23-,27-,28?;;;;/m11..../s1. The van der Waals surface area contributed by atoms with Crippen LogP contribution >= 0.6 is 15.9 Å². The summed E-state index contributed by atoms with van der Waals surface area (Å²) in [5.41, 5.74) is -12.3. The summed E-state index contributed by atoms with van der Waals surface area (Å²) in [5, 5.41) is 20.7. The van der Waals surface area contributed by atoms with E-state index in [9.17, 15) is 62.1 Å². The van der Waals surface area contributed by atoms with E-state index in [4.69, 9.17) is 58.4 Å². The van der Waals surface area contributed by atoms with E-state index in [-0.39, 0.29) is 34.4 Å². The van der Waals surface area contributed by atoms with E-state index in [1.165, 1.54) is 50.2 Å². The van der Waals surface area contributed by atoms with Gasteiger partial charge in [-0.15, -0.1) is 0 Å². The van der Waals surface area contributed by atoms with Crippen LogP contribution in [0.25, 0.3) is 0 Å². The number of hydrogen-bond acceptors (Lipinski definition) is 26. The van der Waals surface area contributed by atoms with Gasteiger partial charge in [0.1, 0.15) is 37.6 Å². The van der Waals surface area contributed by atoms with Crippen molar-refractivity contribution in [2.75, 3.05) is 13.2 Å². The Morgan fingerprint density at radius 3 is 1.25 bits per heavy atom. The molecule has 2 saturated heterocycles. The van der Waals surface area contributed by atoms with E-state index < -0.39 is 132 Å². The second kappa shape index (κ2) is 37.5. The number of nitrogens with zero attached hydrogens (tertiary/aromatic N) is 5. The topological polar surface area (TPSA) is 374 Å². The molecule has 4 heterocycles. The molecule has 10 rings (SSSR count). The second-order valence-electron chi connectivity index (χ2n) is 24.6. The third kappa shape index (κ3) is 22.6. The molecule has 561 valence electrons. The fourth-order valence-corrected chi connectivity index (χ4v) is 11.8. The van der Waals surface area contributed by atoms with Gasteiger partial charge in [0.05, 0.1) is 33.4 Å². The Bertz CT molecular complexity index is 4600. The van der Waals surface area contributed by atoms with E-state index >= 15 is 0 Å². The van der Waals surface area contributed by atoms with E-state index in [2.05, 4.69) is 70.2 Å². The van der Waals surface area contributed by atoms with E-state index in [1.807, 2.05) is 12.1 Å². The van der Waals surface area contributed by atoms with Gasteiger partial charge in [-0.05, 0) is 142 Å². The number of hydrogen-bond donors (Lipinski definition) is 1. The van der Waals surface area contributed by atoms with Gasteiger partial charge in [0, 0.05) is 35.2 Å². The first-order chi connectivity index (χ1) is 50.1. The summed E-state index contributed by atoms with van der Waals surface area (Å²) >= 11 is 4.96. The van der Waals surface area contributed by atoms with E-state index in [1.54, 1.807) is 179 Å². The first kappa shape index (κ1) is 84.5. The molecule has 1 unspecified atom stereocenters. The molecule has 0 saturated carbocycles. The molecule has 0 aliphatic carbocycles. The van der Waals surface area contributed by atoms with Crippen molar-refractivity contribution in [1.82, 2.24) is 19.5 Å². The summed E-state index contributed by atoms with van der Waals surface area (Å²) in [6.45, 7) is 14.4. The molecule has 8 aromatic rings. The SMILES string of the molecule is C[C@@]1(OC(=O)c2ccccc2)[C@H](OC(=O)c2ccccc2)[C@@H](COC(=O)c2ccccc2)OC1(Br)C#N.C[C@@]1(OC(=O)c2ccccc2)[C@H](OC(=O)c2ccccc2)[C@@H](COC(=O)c2ccccc2)O[C@@]1(C#N)n1ccc(=O)[nH]c1=O.C[Si](C)(C)Oc1ccnc(O[Si](C)(C)C)n1.O=[S-](=O)C(F)(F)F.[O]=[Ag]. The number of halogens is 4. The normalized spacial score (nSPS) is 20.6. The first-order valence-electron chi connectivity index (χ1n) is 31.3. The molecule has 0 amide bonds. The predicted molar refractivity (Wildman–Crippen MR) is 373 cm³/mol. The van der Waals surface area contributed by atoms with Crippen molar-refractivity contribution in [3.05, 3.63) is 261 Å². The molecule has 27 nitrogen and oxygen atoms in total. The van der Waals surface area contributed by atoms with Crippen LogP contribution in [0.5, 0.6) is 11.9 Å². The van der Waals surface area contributed by atoms with Crippen molar-refractivity contribution >= 4 is 79.1 Å². The van der Waals surface area contributed by atoms with Crippen LogP contribution in [0.3, 0.4) is 0 Å². The molecule has 6 aromatic carbocycles. The van der Waals surface area contributed by atoms with Crippen molar-refractivity contribution in [1.29, 1.82) is 10.5 Å². The van der Waals surface area contributed by atoms with Crippen LogP contribution in [0, 0.1) is 22.7 Å². The number of carbonyl (C=O) groups excluding carboxylic acids is 6. The van der Waals surface area contributed by atoms with Gasteiger partial charge in [0.2, 0.25) is 33.7 Å². The zero-order chi connectivity index (χ0) is 78.3. The molecule has 0 radical (unpaired) electrons. The molecular formula is C71H67AgBrF3N6O21SSi2-. The van der Waals surface area contributed by atoms with Crippen LogP contribution in [0.15, 0.2) is 216 Å². The number of nitrogens with one attached hydrogen (secondary N) is 1. The molecule has 1 N–H and O–H groups in total. The number of rotatable bonds is 19. The summed E-state index contributed by atoms with van der Waals surface area (Å²) < 4.78 is 114. The van der Waals surface area contributed by atoms with Gasteiger partial charge in [-0.2, -0.15) is 28.7 Å². The van der Waals surface area contributed by atoms with Gasteiger partial charge in [0.15, 0.2) is 12.2 Å². The molecule has 8 atom stereocenters. The Morgan fingerprint density at radius 1 is 0.557 bits per heavy atom. The Kier molecular flexibility index (Phi) is 29.9. The van der Waals surface area contributed by atoms with Crippen molar-refractivity contribution in [3.8, 4) is 24.0 Å². The van der Waals surface area contributed by atoms with E-state index in [0.717, 1.165) is 16.8 Å². The average molecular weight is 1670 g/mol. The number of carbonyl (C=O) groups is 6. The summed E-state index contributed by atoms with van der Waals surface area (Å²) in [4.78, 5) is 114. The fourth-order valence-electron chi connectivity index (χ4n) is 9.85. The van der Waals surface area contributed by atoms with Gasteiger partial charge < -0.3 is 55.2 Å². The summed E-state index contributed by atoms with van der Waals surface area (Å²) in [7, 11) is -7.20. The van der Waals surface area contributed by atoms with Gasteiger partial charge >= 0.3 is 77.3 Å². The zero-order valence-electron chi connectivity index (χ0n) is 57.4. The molecule has 0 bridgehead atoms. The number of nitriles is 2. The number of H-pyrrole nitrogens is 1. The molecule has 35 heteroatoms. The maximum atomic E-state index is 13.5.